The van der Waals surface area contributed by atoms with Gasteiger partial charge in [0.2, 0.25) is 18.2 Å². The van der Waals surface area contributed by atoms with Gasteiger partial charge in [-0.2, -0.15) is 4.68 Å². The maximum absolute atomic E-state index is 13.0. The van der Waals surface area contributed by atoms with Crippen LogP contribution in [0.2, 0.25) is 18.1 Å². The predicted octanol–water partition coefficient (Wildman–Crippen LogP) is 4.06. The Morgan fingerprint density at radius 2 is 1.63 bits per heavy atom. The Morgan fingerprint density at radius 3 is 2.30 bits per heavy atom. The van der Waals surface area contributed by atoms with Crippen LogP contribution >= 0.6 is 0 Å². The van der Waals surface area contributed by atoms with Gasteiger partial charge in [-0.25, -0.2) is 8.42 Å². The maximum atomic E-state index is 13.0. The number of rotatable bonds is 7. The minimum absolute atomic E-state index is 0.0456. The summed E-state index contributed by atoms with van der Waals surface area (Å²) in [5.74, 6) is 0.639. The number of hydrogen-bond donors (Lipinski definition) is 0. The quantitative estimate of drug-likeness (QED) is 0.511. The highest BCUT2D eigenvalue weighted by Gasteiger charge is 2.39. The van der Waals surface area contributed by atoms with Crippen LogP contribution in [0.15, 0.2) is 59.8 Å². The molecule has 0 radical (unpaired) electrons. The van der Waals surface area contributed by atoms with Gasteiger partial charge in [0.15, 0.2) is 0 Å². The second kappa shape index (κ2) is 8.31. The van der Waals surface area contributed by atoms with Crippen LogP contribution in [0.3, 0.4) is 0 Å². The highest BCUT2D eigenvalue weighted by atomic mass is 32.2. The normalized spacial score (nSPS) is 12.7. The molecule has 160 valence electrons. The molecule has 0 unspecified atom stereocenters. The van der Waals surface area contributed by atoms with E-state index in [9.17, 15) is 8.42 Å². The van der Waals surface area contributed by atoms with Crippen molar-refractivity contribution in [1.29, 1.82) is 0 Å². The highest BCUT2D eigenvalue weighted by molar-refractivity contribution is 7.91. The number of hydrogen-bond acceptors (Lipinski definition) is 6. The molecule has 0 saturated carbocycles. The van der Waals surface area contributed by atoms with E-state index in [0.717, 1.165) is 11.3 Å². The average molecular weight is 445 g/mol. The molecule has 0 saturated heterocycles. The van der Waals surface area contributed by atoms with Crippen molar-refractivity contribution in [3.63, 3.8) is 0 Å². The van der Waals surface area contributed by atoms with Crippen molar-refractivity contribution in [2.45, 2.75) is 50.5 Å². The first kappa shape index (κ1) is 22.2. The zero-order chi connectivity index (χ0) is 22.0. The first-order valence-corrected chi connectivity index (χ1v) is 14.4. The molecule has 30 heavy (non-hydrogen) atoms. The zero-order valence-electron chi connectivity index (χ0n) is 18.0. The van der Waals surface area contributed by atoms with Crippen LogP contribution in [0.1, 0.15) is 26.3 Å². The SMILES string of the molecule is CC(C)(C)[Si](C)(C)Oc1ccccc1CCS(=O)(=O)c1nnnn1-c1ccccc1. The lowest BCUT2D eigenvalue weighted by molar-refractivity contribution is 0.487. The lowest BCUT2D eigenvalue weighted by Crippen LogP contribution is -2.44. The molecule has 3 rings (SSSR count). The van der Waals surface area contributed by atoms with Crippen molar-refractivity contribution >= 4 is 18.2 Å². The standard InChI is InChI=1S/C21H28N4O3SSi/c1-21(2,3)30(4,5)28-19-14-10-9-11-17(19)15-16-29(26,27)20-22-23-24-25(20)18-12-7-6-8-13-18/h6-14H,15-16H2,1-5H3. The van der Waals surface area contributed by atoms with Crippen LogP contribution in [0.4, 0.5) is 0 Å². The van der Waals surface area contributed by atoms with E-state index in [0.29, 0.717) is 12.1 Å². The molecule has 2 aromatic carbocycles. The van der Waals surface area contributed by atoms with E-state index in [1.807, 2.05) is 42.5 Å². The summed E-state index contributed by atoms with van der Waals surface area (Å²) >= 11 is 0. The molecule has 1 heterocycles. The Labute approximate surface area is 179 Å². The first-order chi connectivity index (χ1) is 14.0. The van der Waals surface area contributed by atoms with Gasteiger partial charge in [0.25, 0.3) is 5.16 Å². The molecule has 1 aromatic heterocycles. The lowest BCUT2D eigenvalue weighted by Gasteiger charge is -2.37. The smallest absolute Gasteiger partial charge is 0.272 e. The third-order valence-electron chi connectivity index (χ3n) is 5.50. The van der Waals surface area contributed by atoms with Gasteiger partial charge >= 0.3 is 0 Å². The van der Waals surface area contributed by atoms with E-state index in [1.54, 1.807) is 12.1 Å². The van der Waals surface area contributed by atoms with Crippen molar-refractivity contribution in [2.24, 2.45) is 0 Å². The Morgan fingerprint density at radius 1 is 1.00 bits per heavy atom. The Kier molecular flexibility index (Phi) is 6.14. The number of sulfone groups is 1. The molecule has 9 heteroatoms. The number of aryl methyl sites for hydroxylation is 1. The monoisotopic (exact) mass is 444 g/mol. The molecular formula is C21H28N4O3SSi. The van der Waals surface area contributed by atoms with Gasteiger partial charge in [0.1, 0.15) is 5.75 Å². The summed E-state index contributed by atoms with van der Waals surface area (Å²) in [6.07, 6.45) is 0.314. The second-order valence-corrected chi connectivity index (χ2v) is 15.5. The zero-order valence-corrected chi connectivity index (χ0v) is 19.8. The fourth-order valence-corrected chi connectivity index (χ4v) is 4.97. The number of benzene rings is 2. The van der Waals surface area contributed by atoms with Crippen molar-refractivity contribution in [3.05, 3.63) is 60.2 Å². The molecule has 3 aromatic rings. The van der Waals surface area contributed by atoms with E-state index in [4.69, 9.17) is 4.43 Å². The van der Waals surface area contributed by atoms with Gasteiger partial charge in [0, 0.05) is 0 Å². The van der Waals surface area contributed by atoms with E-state index >= 15 is 0 Å². The third kappa shape index (κ3) is 4.79. The van der Waals surface area contributed by atoms with Gasteiger partial charge < -0.3 is 4.43 Å². The molecule has 0 atom stereocenters. The largest absolute Gasteiger partial charge is 0.543 e. The summed E-state index contributed by atoms with van der Waals surface area (Å²) in [5.41, 5.74) is 1.47. The number of para-hydroxylation sites is 2. The molecule has 0 aliphatic heterocycles. The molecule has 0 amide bonds. The average Bonchev–Trinajstić information content (AvgIpc) is 3.18. The summed E-state index contributed by atoms with van der Waals surface area (Å²) < 4.78 is 33.7. The van der Waals surface area contributed by atoms with Crippen LogP contribution in [-0.2, 0) is 16.3 Å². The molecule has 7 nitrogen and oxygen atoms in total. The fourth-order valence-electron chi connectivity index (χ4n) is 2.68. The van der Waals surface area contributed by atoms with Crippen molar-refractivity contribution in [3.8, 4) is 11.4 Å². The molecule has 0 aliphatic carbocycles. The number of tetrazole rings is 1. The second-order valence-electron chi connectivity index (χ2n) is 8.75. The van der Waals surface area contributed by atoms with Crippen molar-refractivity contribution in [2.75, 3.05) is 5.75 Å². The van der Waals surface area contributed by atoms with Crippen molar-refractivity contribution in [1.82, 2.24) is 20.2 Å². The first-order valence-electron chi connectivity index (χ1n) is 9.85. The van der Waals surface area contributed by atoms with E-state index in [1.165, 1.54) is 4.68 Å². The van der Waals surface area contributed by atoms with Gasteiger partial charge in [-0.3, -0.25) is 0 Å². The lowest BCUT2D eigenvalue weighted by atomic mass is 10.1. The third-order valence-corrected chi connectivity index (χ3v) is 11.4. The van der Waals surface area contributed by atoms with Gasteiger partial charge in [-0.05, 0) is 58.7 Å². The van der Waals surface area contributed by atoms with Crippen molar-refractivity contribution < 1.29 is 12.8 Å². The molecule has 0 fully saturated rings. The summed E-state index contributed by atoms with van der Waals surface area (Å²) in [7, 11) is -5.74. The fraction of sp³-hybridized carbons (Fsp3) is 0.381. The van der Waals surface area contributed by atoms with E-state index in [-0.39, 0.29) is 15.9 Å². The van der Waals surface area contributed by atoms with Crippen LogP contribution in [0.25, 0.3) is 5.69 Å². The molecule has 0 N–H and O–H groups in total. The number of aromatic nitrogens is 4. The topological polar surface area (TPSA) is 87.0 Å². The highest BCUT2D eigenvalue weighted by Crippen LogP contribution is 2.38. The minimum Gasteiger partial charge on any atom is -0.543 e. The van der Waals surface area contributed by atoms with Crippen LogP contribution in [-0.4, -0.2) is 42.7 Å². The van der Waals surface area contributed by atoms with Gasteiger partial charge in [0.05, 0.1) is 11.4 Å². The van der Waals surface area contributed by atoms with Crippen LogP contribution in [0.5, 0.6) is 5.75 Å². The van der Waals surface area contributed by atoms with Gasteiger partial charge in [-0.15, -0.1) is 0 Å². The summed E-state index contributed by atoms with van der Waals surface area (Å²) in [6.45, 7) is 10.9. The number of nitrogens with zero attached hydrogens (tertiary/aromatic N) is 4. The van der Waals surface area contributed by atoms with Crippen LogP contribution < -0.4 is 4.43 Å². The molecule has 0 bridgehead atoms. The molecular weight excluding hydrogens is 416 g/mol. The minimum atomic E-state index is -3.70. The maximum Gasteiger partial charge on any atom is 0.272 e. The van der Waals surface area contributed by atoms with E-state index < -0.39 is 18.2 Å². The Balaban J connectivity index is 1.83. The Hall–Kier alpha value is -2.52. The Bertz CT molecular complexity index is 1110. The van der Waals surface area contributed by atoms with Gasteiger partial charge in [-0.1, -0.05) is 62.3 Å². The summed E-state index contributed by atoms with van der Waals surface area (Å²) in [5, 5.41) is 11.1. The summed E-state index contributed by atoms with van der Waals surface area (Å²) in [4.78, 5) is 0. The summed E-state index contributed by atoms with van der Waals surface area (Å²) in [6, 6.07) is 16.6. The van der Waals surface area contributed by atoms with E-state index in [2.05, 4.69) is 49.4 Å². The molecule has 0 aliphatic rings. The predicted molar refractivity (Wildman–Crippen MR) is 119 cm³/mol. The molecule has 0 spiro atoms. The van der Waals surface area contributed by atoms with Crippen LogP contribution in [0, 0.1) is 0 Å².